The SMILES string of the molecule is O=C(Nc1ccccc1C(=O)O)c1ccc(Oc2ccc3cc(OC4CCC(NC(=O)c5cnc(Cl)c(Cl)c5)CC4)ccc3c2)nc1. The minimum Gasteiger partial charge on any atom is -0.490 e. The largest absolute Gasteiger partial charge is 0.490 e. The average molecular weight is 672 g/mol. The van der Waals surface area contributed by atoms with Gasteiger partial charge in [-0.05, 0) is 85.0 Å². The van der Waals surface area contributed by atoms with Crippen LogP contribution in [0.25, 0.3) is 10.8 Å². The molecule has 0 aliphatic heterocycles. The highest BCUT2D eigenvalue weighted by Gasteiger charge is 2.24. The van der Waals surface area contributed by atoms with Gasteiger partial charge in [-0.25, -0.2) is 14.8 Å². The van der Waals surface area contributed by atoms with E-state index in [0.29, 0.717) is 17.2 Å². The molecule has 1 fully saturated rings. The maximum atomic E-state index is 12.7. The quantitative estimate of drug-likeness (QED) is 0.135. The molecule has 0 spiro atoms. The number of aromatic carboxylic acids is 1. The third kappa shape index (κ3) is 7.79. The van der Waals surface area contributed by atoms with E-state index in [2.05, 4.69) is 20.6 Å². The Morgan fingerprint density at radius 2 is 1.47 bits per heavy atom. The number of benzene rings is 3. The van der Waals surface area contributed by atoms with Gasteiger partial charge in [0, 0.05) is 24.5 Å². The number of hydrogen-bond acceptors (Lipinski definition) is 7. The Bertz CT molecular complexity index is 1960. The first-order chi connectivity index (χ1) is 22.7. The summed E-state index contributed by atoms with van der Waals surface area (Å²) in [5.41, 5.74) is 0.819. The number of carboxylic acid groups (broad SMARTS) is 1. The van der Waals surface area contributed by atoms with E-state index in [4.69, 9.17) is 32.7 Å². The summed E-state index contributed by atoms with van der Waals surface area (Å²) in [4.78, 5) is 44.9. The third-order valence-electron chi connectivity index (χ3n) is 7.78. The molecule has 2 amide bonds. The smallest absolute Gasteiger partial charge is 0.337 e. The van der Waals surface area contributed by atoms with E-state index in [-0.39, 0.29) is 45.0 Å². The van der Waals surface area contributed by atoms with Gasteiger partial charge in [0.25, 0.3) is 11.8 Å². The predicted octanol–water partition coefficient (Wildman–Crippen LogP) is 7.80. The summed E-state index contributed by atoms with van der Waals surface area (Å²) in [6, 6.07) is 22.4. The number of carbonyl (C=O) groups excluding carboxylic acids is 2. The minimum absolute atomic E-state index is 0.00539. The zero-order valence-corrected chi connectivity index (χ0v) is 26.3. The van der Waals surface area contributed by atoms with Crippen molar-refractivity contribution in [3.8, 4) is 17.4 Å². The molecule has 238 valence electrons. The number of hydrogen-bond donors (Lipinski definition) is 3. The first-order valence-electron chi connectivity index (χ1n) is 14.8. The van der Waals surface area contributed by atoms with Crippen LogP contribution >= 0.6 is 23.2 Å². The Hall–Kier alpha value is -5.19. The first-order valence-corrected chi connectivity index (χ1v) is 15.6. The number of nitrogens with one attached hydrogen (secondary N) is 2. The maximum Gasteiger partial charge on any atom is 0.337 e. The Balaban J connectivity index is 1.01. The fourth-order valence-electron chi connectivity index (χ4n) is 5.34. The Morgan fingerprint density at radius 3 is 2.17 bits per heavy atom. The van der Waals surface area contributed by atoms with Crippen molar-refractivity contribution >= 4 is 57.4 Å². The van der Waals surface area contributed by atoms with Crippen LogP contribution in [0.15, 0.2) is 91.3 Å². The van der Waals surface area contributed by atoms with Gasteiger partial charge in [0.2, 0.25) is 5.88 Å². The third-order valence-corrected chi connectivity index (χ3v) is 8.47. The van der Waals surface area contributed by atoms with Gasteiger partial charge in [0.1, 0.15) is 16.7 Å². The molecule has 2 aromatic heterocycles. The number of fused-ring (bicyclic) bond motifs is 1. The molecule has 1 aliphatic rings. The van der Waals surface area contributed by atoms with Crippen molar-refractivity contribution in [2.75, 3.05) is 5.32 Å². The lowest BCUT2D eigenvalue weighted by molar-refractivity contribution is 0.0697. The van der Waals surface area contributed by atoms with Crippen molar-refractivity contribution in [3.63, 3.8) is 0 Å². The molecule has 0 bridgehead atoms. The normalized spacial score (nSPS) is 15.9. The number of carbonyl (C=O) groups is 3. The zero-order valence-electron chi connectivity index (χ0n) is 24.8. The van der Waals surface area contributed by atoms with Crippen LogP contribution in [0.5, 0.6) is 17.4 Å². The molecule has 5 aromatic rings. The minimum atomic E-state index is -1.13. The second kappa shape index (κ2) is 14.1. The average Bonchev–Trinajstić information content (AvgIpc) is 3.07. The Labute approximate surface area is 279 Å². The first kappa shape index (κ1) is 31.8. The monoisotopic (exact) mass is 670 g/mol. The summed E-state index contributed by atoms with van der Waals surface area (Å²) < 4.78 is 12.2. The molecule has 6 rings (SSSR count). The molecule has 0 atom stereocenters. The highest BCUT2D eigenvalue weighted by Crippen LogP contribution is 2.30. The second-order valence-electron chi connectivity index (χ2n) is 11.0. The number of halogens is 2. The van der Waals surface area contributed by atoms with Gasteiger partial charge in [-0.3, -0.25) is 9.59 Å². The van der Waals surface area contributed by atoms with Crippen LogP contribution in [0.3, 0.4) is 0 Å². The van der Waals surface area contributed by atoms with Gasteiger partial charge in [0.05, 0.1) is 33.5 Å². The van der Waals surface area contributed by atoms with Gasteiger partial charge in [-0.2, -0.15) is 0 Å². The molecule has 3 N–H and O–H groups in total. The number of anilines is 1. The molecule has 0 saturated heterocycles. The van der Waals surface area contributed by atoms with E-state index in [1.807, 2.05) is 36.4 Å². The summed E-state index contributed by atoms with van der Waals surface area (Å²) in [6.07, 6.45) is 6.01. The van der Waals surface area contributed by atoms with E-state index in [0.717, 1.165) is 42.2 Å². The second-order valence-corrected chi connectivity index (χ2v) is 11.8. The van der Waals surface area contributed by atoms with Crippen LogP contribution in [-0.2, 0) is 0 Å². The molecule has 12 heteroatoms. The Kier molecular flexibility index (Phi) is 9.51. The number of pyridine rings is 2. The number of para-hydroxylation sites is 1. The highest BCUT2D eigenvalue weighted by molar-refractivity contribution is 6.41. The van der Waals surface area contributed by atoms with Crippen LogP contribution in [0, 0.1) is 0 Å². The number of amides is 2. The molecule has 0 radical (unpaired) electrons. The lowest BCUT2D eigenvalue weighted by Gasteiger charge is -2.29. The van der Waals surface area contributed by atoms with Crippen LogP contribution < -0.4 is 20.1 Å². The van der Waals surface area contributed by atoms with Gasteiger partial charge in [0.15, 0.2) is 0 Å². The molecular formula is C35H28Cl2N4O6. The maximum absolute atomic E-state index is 12.7. The topological polar surface area (TPSA) is 140 Å². The summed E-state index contributed by atoms with van der Waals surface area (Å²) in [5, 5.41) is 17.3. The number of rotatable bonds is 9. The number of aromatic nitrogens is 2. The molecule has 10 nitrogen and oxygen atoms in total. The van der Waals surface area contributed by atoms with Crippen molar-refractivity contribution < 1.29 is 29.0 Å². The standard InChI is InChI=1S/C35H28Cl2N4O6/c36-29-17-23(19-39-32(29)37)34(43)40-24-8-12-25(13-9-24)46-26-10-5-21-16-27(11-6-20(21)15-26)47-31-14-7-22(18-38-31)33(42)41-30-4-2-1-3-28(30)35(44)45/h1-7,10-11,14-19,24-25H,8-9,12-13H2,(H,40,43)(H,41,42)(H,44,45). The fourth-order valence-corrected chi connectivity index (χ4v) is 5.61. The zero-order chi connectivity index (χ0) is 32.9. The molecule has 0 unspecified atom stereocenters. The van der Waals surface area contributed by atoms with Gasteiger partial charge in [-0.1, -0.05) is 47.5 Å². The van der Waals surface area contributed by atoms with E-state index < -0.39 is 11.9 Å². The lowest BCUT2D eigenvalue weighted by Crippen LogP contribution is -2.39. The van der Waals surface area contributed by atoms with Crippen LogP contribution in [0.1, 0.15) is 56.8 Å². The molecule has 1 aliphatic carbocycles. The van der Waals surface area contributed by atoms with Crippen molar-refractivity contribution in [2.45, 2.75) is 37.8 Å². The van der Waals surface area contributed by atoms with Gasteiger partial charge >= 0.3 is 5.97 Å². The van der Waals surface area contributed by atoms with Crippen molar-refractivity contribution in [1.82, 2.24) is 15.3 Å². The Morgan fingerprint density at radius 1 is 0.766 bits per heavy atom. The van der Waals surface area contributed by atoms with Crippen molar-refractivity contribution in [2.24, 2.45) is 0 Å². The number of ether oxygens (including phenoxy) is 2. The highest BCUT2D eigenvalue weighted by atomic mass is 35.5. The van der Waals surface area contributed by atoms with Crippen LogP contribution in [0.2, 0.25) is 10.2 Å². The van der Waals surface area contributed by atoms with Gasteiger partial charge in [-0.15, -0.1) is 0 Å². The van der Waals surface area contributed by atoms with E-state index in [1.54, 1.807) is 24.3 Å². The number of carboxylic acids is 1. The molecule has 47 heavy (non-hydrogen) atoms. The van der Waals surface area contributed by atoms with Crippen LogP contribution in [0.4, 0.5) is 5.69 Å². The summed E-state index contributed by atoms with van der Waals surface area (Å²) in [5.74, 6) is -0.212. The predicted molar refractivity (Wildman–Crippen MR) is 178 cm³/mol. The molecule has 3 aromatic carbocycles. The van der Waals surface area contributed by atoms with E-state index in [1.165, 1.54) is 30.6 Å². The molecule has 2 heterocycles. The van der Waals surface area contributed by atoms with E-state index in [9.17, 15) is 19.5 Å². The molecular weight excluding hydrogens is 643 g/mol. The van der Waals surface area contributed by atoms with Crippen molar-refractivity contribution in [1.29, 1.82) is 0 Å². The summed E-state index contributed by atoms with van der Waals surface area (Å²) >= 11 is 11.8. The lowest BCUT2D eigenvalue weighted by atomic mass is 9.92. The fraction of sp³-hybridized carbons (Fsp3) is 0.171. The van der Waals surface area contributed by atoms with Gasteiger partial charge < -0.3 is 25.2 Å². The summed E-state index contributed by atoms with van der Waals surface area (Å²) in [7, 11) is 0. The summed E-state index contributed by atoms with van der Waals surface area (Å²) in [6.45, 7) is 0. The van der Waals surface area contributed by atoms with E-state index >= 15 is 0 Å². The van der Waals surface area contributed by atoms with Crippen molar-refractivity contribution in [3.05, 3.63) is 118 Å². The van der Waals surface area contributed by atoms with Crippen LogP contribution in [-0.4, -0.2) is 45.0 Å². The number of nitrogens with zero attached hydrogens (tertiary/aromatic N) is 2. The molecule has 1 saturated carbocycles.